The summed E-state index contributed by atoms with van der Waals surface area (Å²) in [5, 5.41) is 32.5. The minimum absolute atomic E-state index is 0. The summed E-state index contributed by atoms with van der Waals surface area (Å²) in [6.07, 6.45) is -4.53. The van der Waals surface area contributed by atoms with Gasteiger partial charge in [-0.25, -0.2) is 9.59 Å². The average Bonchev–Trinajstić information content (AvgIpc) is 1.84. The van der Waals surface area contributed by atoms with Crippen molar-refractivity contribution in [2.45, 2.75) is 12.2 Å². The molecule has 2 unspecified atom stereocenters. The number of hydrogen-bond donors (Lipinski definition) is 4. The van der Waals surface area contributed by atoms with E-state index in [1.807, 2.05) is 0 Å². The Morgan fingerprint density at radius 1 is 0.917 bits per heavy atom. The Hall–Kier alpha value is -0.362. The molecule has 0 aliphatic carbocycles. The maximum atomic E-state index is 9.77. The van der Waals surface area contributed by atoms with Gasteiger partial charge in [-0.15, -0.1) is 0 Å². The molecule has 0 saturated heterocycles. The van der Waals surface area contributed by atoms with Crippen LogP contribution in [0.2, 0.25) is 0 Å². The van der Waals surface area contributed by atoms with E-state index in [9.17, 15) is 9.59 Å². The zero-order valence-electron chi connectivity index (χ0n) is 5.71. The van der Waals surface area contributed by atoms with Gasteiger partial charge in [-0.1, -0.05) is 0 Å². The molecule has 6 N–H and O–H groups in total. The molecule has 3 radical (unpaired) electrons. The zero-order valence-corrected chi connectivity index (χ0v) is 8.26. The van der Waals surface area contributed by atoms with Crippen molar-refractivity contribution < 1.29 is 35.5 Å². The molecule has 0 bridgehead atoms. The first-order chi connectivity index (χ1) is 4.46. The van der Waals surface area contributed by atoms with E-state index in [1.165, 1.54) is 0 Å². The molecule has 0 aromatic heterocycles. The Labute approximate surface area is 84.4 Å². The van der Waals surface area contributed by atoms with Crippen LogP contribution in [0.1, 0.15) is 0 Å². The van der Waals surface area contributed by atoms with Crippen molar-refractivity contribution >= 4 is 36.4 Å². The fourth-order valence-corrected chi connectivity index (χ4v) is 0.270. The monoisotopic (exact) mass is 289 g/mol. The van der Waals surface area contributed by atoms with Crippen LogP contribution < -0.4 is 0 Å². The summed E-state index contributed by atoms with van der Waals surface area (Å²) in [5.41, 5.74) is 0. The van der Waals surface area contributed by atoms with Gasteiger partial charge in [-0.05, 0) is 0 Å². The number of carbonyl (C=O) groups is 2. The summed E-state index contributed by atoms with van der Waals surface area (Å²) < 4.78 is 0. The van der Waals surface area contributed by atoms with Crippen molar-refractivity contribution in [3.63, 3.8) is 0 Å². The average molecular weight is 290 g/mol. The third-order valence-corrected chi connectivity index (χ3v) is 0.805. The van der Waals surface area contributed by atoms with E-state index in [1.54, 1.807) is 0 Å². The molecule has 0 saturated carbocycles. The van der Waals surface area contributed by atoms with Gasteiger partial charge in [0.15, 0.2) is 12.2 Å². The topological polar surface area (TPSA) is 147 Å². The van der Waals surface area contributed by atoms with E-state index in [0.29, 0.717) is 0 Å². The van der Waals surface area contributed by atoms with Gasteiger partial charge in [0.2, 0.25) is 0 Å². The predicted octanol–water partition coefficient (Wildman–Crippen LogP) is -3.33. The Kier molecular flexibility index (Phi) is 10.7. The van der Waals surface area contributed by atoms with Crippen LogP contribution in [0.5, 0.6) is 0 Å². The summed E-state index contributed by atoms with van der Waals surface area (Å²) in [5.74, 6) is -3.54. The van der Waals surface area contributed by atoms with Crippen LogP contribution in [0.3, 0.4) is 0 Å². The summed E-state index contributed by atoms with van der Waals surface area (Å²) in [6, 6.07) is 0. The van der Waals surface area contributed by atoms with E-state index >= 15 is 0 Å². The molecule has 0 rings (SSSR count). The fourth-order valence-electron chi connectivity index (χ4n) is 0.270. The van der Waals surface area contributed by atoms with Gasteiger partial charge in [-0.2, -0.15) is 0 Å². The molecule has 0 amide bonds. The first-order valence-corrected chi connectivity index (χ1v) is 2.28. The third kappa shape index (κ3) is 5.31. The van der Waals surface area contributed by atoms with E-state index in [0.717, 1.165) is 0 Å². The molecule has 8 heteroatoms. The smallest absolute Gasteiger partial charge is 0.335 e. The minimum Gasteiger partial charge on any atom is -0.479 e. The van der Waals surface area contributed by atoms with Crippen molar-refractivity contribution in [3.05, 3.63) is 0 Å². The maximum Gasteiger partial charge on any atom is 0.335 e. The van der Waals surface area contributed by atoms with Crippen LogP contribution in [0.25, 0.3) is 0 Å². The quantitative estimate of drug-likeness (QED) is 0.400. The number of aliphatic carboxylic acids is 2. The number of aliphatic hydroxyl groups excluding tert-OH is 2. The van der Waals surface area contributed by atoms with E-state index in [-0.39, 0.29) is 29.9 Å². The van der Waals surface area contributed by atoms with Gasteiger partial charge in [0.05, 0.1) is 0 Å². The first kappa shape index (κ1) is 17.7. The van der Waals surface area contributed by atoms with Gasteiger partial charge in [0.25, 0.3) is 0 Å². The number of carboxylic acids is 2. The second kappa shape index (κ2) is 7.30. The van der Waals surface area contributed by atoms with Crippen LogP contribution in [-0.4, -0.2) is 74.5 Å². The Bertz CT molecular complexity index is 139. The Balaban J connectivity index is -0.000000405. The van der Waals surface area contributed by atoms with Crippen molar-refractivity contribution in [1.82, 2.24) is 0 Å². The summed E-state index contributed by atoms with van der Waals surface area (Å²) >= 11 is 0. The number of rotatable bonds is 3. The second-order valence-electron chi connectivity index (χ2n) is 1.57. The van der Waals surface area contributed by atoms with Crippen molar-refractivity contribution in [2.75, 3.05) is 0 Å². The van der Waals surface area contributed by atoms with Gasteiger partial charge in [-0.3, -0.25) is 0 Å². The predicted molar refractivity (Wildman–Crippen MR) is 36.7 cm³/mol. The van der Waals surface area contributed by atoms with E-state index < -0.39 is 24.1 Å². The molecule has 0 fully saturated rings. The molecule has 7 nitrogen and oxygen atoms in total. The SMILES string of the molecule is O.O=C(O)C(O)C(O)C(=O)O.[Sb]. The summed E-state index contributed by atoms with van der Waals surface area (Å²) in [7, 11) is 0. The van der Waals surface area contributed by atoms with Gasteiger partial charge in [0.1, 0.15) is 0 Å². The normalized spacial score (nSPS) is 13.2. The molecule has 12 heavy (non-hydrogen) atoms. The van der Waals surface area contributed by atoms with Crippen LogP contribution in [0, 0.1) is 0 Å². The van der Waals surface area contributed by atoms with Crippen LogP contribution >= 0.6 is 0 Å². The molecule has 0 aromatic carbocycles. The maximum absolute atomic E-state index is 9.77. The van der Waals surface area contributed by atoms with Crippen LogP contribution in [-0.2, 0) is 9.59 Å². The number of aliphatic hydroxyl groups is 2. The van der Waals surface area contributed by atoms with E-state index in [2.05, 4.69) is 0 Å². The number of carboxylic acid groups (broad SMARTS) is 2. The van der Waals surface area contributed by atoms with Crippen LogP contribution in [0.15, 0.2) is 0 Å². The summed E-state index contributed by atoms with van der Waals surface area (Å²) in [4.78, 5) is 19.5. The largest absolute Gasteiger partial charge is 0.479 e. The molecular weight excluding hydrogens is 282 g/mol. The molecule has 0 aliphatic rings. The first-order valence-electron chi connectivity index (χ1n) is 2.28. The second-order valence-corrected chi connectivity index (χ2v) is 1.57. The molecule has 0 aliphatic heterocycles. The van der Waals surface area contributed by atoms with Crippen molar-refractivity contribution in [2.24, 2.45) is 0 Å². The third-order valence-electron chi connectivity index (χ3n) is 0.805. The summed E-state index contributed by atoms with van der Waals surface area (Å²) in [6.45, 7) is 0. The Morgan fingerprint density at radius 3 is 1.17 bits per heavy atom. The standard InChI is InChI=1S/C4H6O6.H2O.Sb/c5-1(3(7)8)2(6)4(9)10;;/h1-2,5-6H,(H,7,8)(H,9,10);1H2;. The van der Waals surface area contributed by atoms with Crippen LogP contribution in [0.4, 0.5) is 0 Å². The zero-order chi connectivity index (χ0) is 8.31. The molecule has 0 heterocycles. The molecule has 0 spiro atoms. The van der Waals surface area contributed by atoms with Gasteiger partial charge in [0, 0.05) is 24.4 Å². The van der Waals surface area contributed by atoms with Gasteiger partial charge >= 0.3 is 11.9 Å². The van der Waals surface area contributed by atoms with Gasteiger partial charge < -0.3 is 25.9 Å². The minimum atomic E-state index is -2.27. The molecular formula is C4H8O7Sb. The fraction of sp³-hybridized carbons (Fsp3) is 0.500. The molecule has 71 valence electrons. The number of hydrogen-bond acceptors (Lipinski definition) is 4. The Morgan fingerprint density at radius 2 is 1.08 bits per heavy atom. The molecule has 2 atom stereocenters. The van der Waals surface area contributed by atoms with E-state index in [4.69, 9.17) is 20.4 Å². The van der Waals surface area contributed by atoms with Crippen molar-refractivity contribution in [3.8, 4) is 0 Å². The molecule has 0 aromatic rings. The van der Waals surface area contributed by atoms with Crippen molar-refractivity contribution in [1.29, 1.82) is 0 Å².